The van der Waals surface area contributed by atoms with Crippen LogP contribution in [0.3, 0.4) is 0 Å². The van der Waals surface area contributed by atoms with Crippen LogP contribution in [0.1, 0.15) is 58.8 Å². The normalized spacial score (nSPS) is 43.2. The van der Waals surface area contributed by atoms with Gasteiger partial charge >= 0.3 is 0 Å². The fourth-order valence-electron chi connectivity index (χ4n) is 5.47. The molecule has 0 aromatic carbocycles. The Morgan fingerprint density at radius 2 is 2.22 bits per heavy atom. The molecule has 2 saturated carbocycles. The smallest absolute Gasteiger partial charge is 0.237 e. The second-order valence-corrected chi connectivity index (χ2v) is 8.51. The van der Waals surface area contributed by atoms with Crippen LogP contribution >= 0.6 is 0 Å². The van der Waals surface area contributed by atoms with Gasteiger partial charge < -0.3 is 15.3 Å². The molecule has 2 aliphatic carbocycles. The molecule has 23 heavy (non-hydrogen) atoms. The summed E-state index contributed by atoms with van der Waals surface area (Å²) in [5.74, 6) is 1.15. The van der Waals surface area contributed by atoms with Gasteiger partial charge in [0.15, 0.2) is 0 Å². The van der Waals surface area contributed by atoms with E-state index in [-0.39, 0.29) is 24.0 Å². The van der Waals surface area contributed by atoms with Crippen molar-refractivity contribution in [2.45, 2.75) is 76.0 Å². The first-order chi connectivity index (χ1) is 10.8. The maximum atomic E-state index is 12.4. The van der Waals surface area contributed by atoms with Gasteiger partial charge in [0.25, 0.3) is 0 Å². The van der Waals surface area contributed by atoms with Crippen LogP contribution in [0.4, 0.5) is 0 Å². The third-order valence-corrected chi connectivity index (χ3v) is 5.98. The number of fused-ring (bicyclic) bond motifs is 2. The van der Waals surface area contributed by atoms with Gasteiger partial charge in [0.2, 0.25) is 5.91 Å². The van der Waals surface area contributed by atoms with Crippen LogP contribution in [0.2, 0.25) is 0 Å². The van der Waals surface area contributed by atoms with E-state index in [1.54, 1.807) is 4.90 Å². The molecule has 128 valence electrons. The molecular formula is C18H29N3O2. The topological polar surface area (TPSA) is 76.4 Å². The fraction of sp³-hybridized carbons (Fsp3) is 0.889. The van der Waals surface area contributed by atoms with Crippen LogP contribution in [0.15, 0.2) is 0 Å². The Hall–Kier alpha value is -1.12. The van der Waals surface area contributed by atoms with Crippen molar-refractivity contribution < 1.29 is 9.90 Å². The number of hydrogen-bond donors (Lipinski definition) is 2. The zero-order valence-corrected chi connectivity index (χ0v) is 14.3. The molecule has 5 atom stereocenters. The summed E-state index contributed by atoms with van der Waals surface area (Å²) >= 11 is 0. The molecule has 5 nitrogen and oxygen atoms in total. The number of hydrogen-bond acceptors (Lipinski definition) is 4. The Bertz CT molecular complexity index is 513. The Labute approximate surface area is 139 Å². The number of carbonyl (C=O) groups excluding carboxylic acids is 1. The average molecular weight is 319 g/mol. The van der Waals surface area contributed by atoms with E-state index >= 15 is 0 Å². The van der Waals surface area contributed by atoms with Gasteiger partial charge in [-0.1, -0.05) is 6.92 Å². The Morgan fingerprint density at radius 3 is 2.91 bits per heavy atom. The molecule has 0 aromatic heterocycles. The molecule has 0 radical (unpaired) electrons. The standard InChI is InChI=1S/C18H29N3O2/c1-13-6-14-8-17(2,12-18(23,7-13)9-14)20-11-16(22)21-5-3-4-15(21)10-19/h13-15,20,23H,3-9,11-12H2,1-2H3/t13?,14?,15-,17?,18?/m0/s1. The molecule has 5 heteroatoms. The number of amides is 1. The number of nitrogens with zero attached hydrogens (tertiary/aromatic N) is 2. The van der Waals surface area contributed by atoms with E-state index in [1.807, 2.05) is 0 Å². The minimum absolute atomic E-state index is 0.0198. The van der Waals surface area contributed by atoms with E-state index in [9.17, 15) is 9.90 Å². The largest absolute Gasteiger partial charge is 0.390 e. The molecule has 2 bridgehead atoms. The van der Waals surface area contributed by atoms with E-state index in [4.69, 9.17) is 5.26 Å². The Kier molecular flexibility index (Phi) is 4.41. The lowest BCUT2D eigenvalue weighted by Gasteiger charge is -2.52. The predicted octanol–water partition coefficient (Wildman–Crippen LogP) is 1.81. The van der Waals surface area contributed by atoms with Crippen molar-refractivity contribution in [3.05, 3.63) is 0 Å². The van der Waals surface area contributed by atoms with Gasteiger partial charge in [-0.2, -0.15) is 5.26 Å². The second-order valence-electron chi connectivity index (χ2n) is 8.51. The highest BCUT2D eigenvalue weighted by atomic mass is 16.3. The number of aliphatic hydroxyl groups is 1. The SMILES string of the molecule is CC1CC2CC(O)(C1)CC(C)(NCC(=O)N1CCC[C@H]1C#N)C2. The molecule has 1 amide bonds. The zero-order valence-electron chi connectivity index (χ0n) is 14.3. The van der Waals surface area contributed by atoms with Gasteiger partial charge in [-0.15, -0.1) is 0 Å². The number of carbonyl (C=O) groups is 1. The fourth-order valence-corrected chi connectivity index (χ4v) is 5.47. The average Bonchev–Trinajstić information content (AvgIpc) is 2.90. The molecule has 0 aromatic rings. The summed E-state index contributed by atoms with van der Waals surface area (Å²) in [5.41, 5.74) is -0.760. The third kappa shape index (κ3) is 3.54. The van der Waals surface area contributed by atoms with Crippen LogP contribution in [-0.4, -0.2) is 46.2 Å². The highest BCUT2D eigenvalue weighted by molar-refractivity contribution is 5.79. The quantitative estimate of drug-likeness (QED) is 0.832. The molecule has 2 N–H and O–H groups in total. The van der Waals surface area contributed by atoms with Crippen molar-refractivity contribution in [2.24, 2.45) is 11.8 Å². The van der Waals surface area contributed by atoms with Crippen molar-refractivity contribution in [1.29, 1.82) is 5.26 Å². The van der Waals surface area contributed by atoms with Crippen molar-refractivity contribution in [3.8, 4) is 6.07 Å². The Morgan fingerprint density at radius 1 is 1.43 bits per heavy atom. The van der Waals surface area contributed by atoms with E-state index in [0.29, 0.717) is 18.4 Å². The molecule has 0 spiro atoms. The molecule has 3 rings (SSSR count). The van der Waals surface area contributed by atoms with Crippen molar-refractivity contribution in [1.82, 2.24) is 10.2 Å². The first-order valence-electron chi connectivity index (χ1n) is 8.99. The summed E-state index contributed by atoms with van der Waals surface area (Å²) in [6.07, 6.45) is 6.41. The minimum atomic E-state index is -0.575. The molecule has 3 fully saturated rings. The van der Waals surface area contributed by atoms with E-state index in [0.717, 1.165) is 38.5 Å². The van der Waals surface area contributed by atoms with Crippen molar-refractivity contribution >= 4 is 5.91 Å². The second kappa shape index (κ2) is 6.07. The molecule has 1 aliphatic heterocycles. The summed E-state index contributed by atoms with van der Waals surface area (Å²) in [4.78, 5) is 14.1. The van der Waals surface area contributed by atoms with E-state index in [2.05, 4.69) is 25.2 Å². The van der Waals surface area contributed by atoms with Crippen LogP contribution in [0.5, 0.6) is 0 Å². The van der Waals surface area contributed by atoms with Gasteiger partial charge in [-0.3, -0.25) is 4.79 Å². The van der Waals surface area contributed by atoms with Gasteiger partial charge in [-0.25, -0.2) is 0 Å². The first kappa shape index (κ1) is 16.7. The lowest BCUT2D eigenvalue weighted by atomic mass is 9.60. The predicted molar refractivity (Wildman–Crippen MR) is 87.4 cm³/mol. The Balaban J connectivity index is 1.59. The summed E-state index contributed by atoms with van der Waals surface area (Å²) in [6.45, 7) is 5.33. The number of nitrogens with one attached hydrogen (secondary N) is 1. The highest BCUT2D eigenvalue weighted by Gasteiger charge is 2.48. The summed E-state index contributed by atoms with van der Waals surface area (Å²) < 4.78 is 0. The molecular weight excluding hydrogens is 290 g/mol. The molecule has 3 aliphatic rings. The highest BCUT2D eigenvalue weighted by Crippen LogP contribution is 2.48. The minimum Gasteiger partial charge on any atom is -0.390 e. The van der Waals surface area contributed by atoms with Crippen LogP contribution in [-0.2, 0) is 4.79 Å². The van der Waals surface area contributed by atoms with E-state index < -0.39 is 5.60 Å². The van der Waals surface area contributed by atoms with Crippen LogP contribution < -0.4 is 5.32 Å². The summed E-state index contributed by atoms with van der Waals surface area (Å²) in [5, 5.41) is 23.4. The lowest BCUT2D eigenvalue weighted by molar-refractivity contribution is -0.132. The monoisotopic (exact) mass is 319 g/mol. The zero-order chi connectivity index (χ0) is 16.7. The van der Waals surface area contributed by atoms with Gasteiger partial charge in [-0.05, 0) is 63.7 Å². The van der Waals surface area contributed by atoms with Gasteiger partial charge in [0.1, 0.15) is 6.04 Å². The third-order valence-electron chi connectivity index (χ3n) is 5.98. The lowest BCUT2D eigenvalue weighted by Crippen LogP contribution is -2.58. The summed E-state index contributed by atoms with van der Waals surface area (Å²) in [7, 11) is 0. The molecule has 1 saturated heterocycles. The maximum absolute atomic E-state index is 12.4. The molecule has 1 heterocycles. The van der Waals surface area contributed by atoms with Crippen LogP contribution in [0, 0.1) is 23.2 Å². The first-order valence-corrected chi connectivity index (χ1v) is 8.99. The van der Waals surface area contributed by atoms with Gasteiger partial charge in [0.05, 0.1) is 18.2 Å². The number of nitriles is 1. The number of rotatable bonds is 3. The maximum Gasteiger partial charge on any atom is 0.237 e. The molecule has 4 unspecified atom stereocenters. The summed E-state index contributed by atoms with van der Waals surface area (Å²) in [6, 6.07) is 1.97. The van der Waals surface area contributed by atoms with Crippen LogP contribution in [0.25, 0.3) is 0 Å². The van der Waals surface area contributed by atoms with Crippen molar-refractivity contribution in [3.63, 3.8) is 0 Å². The number of likely N-dealkylation sites (tertiary alicyclic amines) is 1. The van der Waals surface area contributed by atoms with Gasteiger partial charge in [0, 0.05) is 12.1 Å². The van der Waals surface area contributed by atoms with E-state index in [1.165, 1.54) is 6.42 Å². The van der Waals surface area contributed by atoms with Crippen molar-refractivity contribution in [2.75, 3.05) is 13.1 Å².